The van der Waals surface area contributed by atoms with Crippen molar-refractivity contribution in [3.63, 3.8) is 0 Å². The Balaban J connectivity index is 0.00000196. The summed E-state index contributed by atoms with van der Waals surface area (Å²) in [5, 5.41) is 0. The highest BCUT2D eigenvalue weighted by Gasteiger charge is 2.32. The highest BCUT2D eigenvalue weighted by molar-refractivity contribution is 7.89. The summed E-state index contributed by atoms with van der Waals surface area (Å²) in [5.41, 5.74) is 5.49. The first-order valence-corrected chi connectivity index (χ1v) is 6.55. The van der Waals surface area contributed by atoms with Gasteiger partial charge < -0.3 is 5.73 Å². The molecule has 1 rings (SSSR count). The minimum absolute atomic E-state index is 0. The van der Waals surface area contributed by atoms with E-state index in [1.54, 1.807) is 0 Å². The van der Waals surface area contributed by atoms with Crippen molar-refractivity contribution in [1.82, 2.24) is 4.31 Å². The van der Waals surface area contributed by atoms with E-state index in [2.05, 4.69) is 0 Å². The second-order valence-corrected chi connectivity index (χ2v) is 7.19. The SMILES string of the molecule is CC(C)(C)CS(=O)(=O)N1CC[C@@H](N)C1.Cl. The number of rotatable bonds is 2. The molecule has 4 nitrogen and oxygen atoms in total. The van der Waals surface area contributed by atoms with E-state index in [4.69, 9.17) is 5.73 Å². The number of sulfonamides is 1. The largest absolute Gasteiger partial charge is 0.326 e. The molecular formula is C9H21ClN2O2S. The molecule has 2 N–H and O–H groups in total. The number of nitrogens with two attached hydrogens (primary N) is 1. The molecule has 1 aliphatic rings. The maximum atomic E-state index is 11.9. The summed E-state index contributed by atoms with van der Waals surface area (Å²) < 4.78 is 25.2. The summed E-state index contributed by atoms with van der Waals surface area (Å²) in [6, 6.07) is 0.0183. The quantitative estimate of drug-likeness (QED) is 0.796. The fraction of sp³-hybridized carbons (Fsp3) is 1.00. The predicted molar refractivity (Wildman–Crippen MR) is 64.7 cm³/mol. The van der Waals surface area contributed by atoms with E-state index in [0.29, 0.717) is 13.1 Å². The minimum atomic E-state index is -3.10. The molecule has 0 unspecified atom stereocenters. The Morgan fingerprint density at radius 1 is 1.40 bits per heavy atom. The van der Waals surface area contributed by atoms with Gasteiger partial charge in [-0.15, -0.1) is 12.4 Å². The van der Waals surface area contributed by atoms with Crippen molar-refractivity contribution in [1.29, 1.82) is 0 Å². The van der Waals surface area contributed by atoms with Crippen LogP contribution in [-0.4, -0.2) is 37.6 Å². The first-order valence-electron chi connectivity index (χ1n) is 4.94. The van der Waals surface area contributed by atoms with Crippen molar-refractivity contribution >= 4 is 22.4 Å². The topological polar surface area (TPSA) is 63.4 Å². The molecule has 0 aromatic carbocycles. The van der Waals surface area contributed by atoms with Gasteiger partial charge in [-0.2, -0.15) is 0 Å². The Morgan fingerprint density at radius 3 is 2.27 bits per heavy atom. The average molecular weight is 257 g/mol. The Kier molecular flexibility index (Phi) is 5.05. The molecule has 0 aliphatic carbocycles. The predicted octanol–water partition coefficient (Wildman–Crippen LogP) is 0.817. The molecule has 0 amide bonds. The van der Waals surface area contributed by atoms with Crippen LogP contribution in [0.3, 0.4) is 0 Å². The number of halogens is 1. The molecule has 0 aromatic heterocycles. The third-order valence-electron chi connectivity index (χ3n) is 2.20. The molecule has 1 atom stereocenters. The molecule has 1 saturated heterocycles. The summed E-state index contributed by atoms with van der Waals surface area (Å²) >= 11 is 0. The van der Waals surface area contributed by atoms with Gasteiger partial charge in [0.1, 0.15) is 0 Å². The van der Waals surface area contributed by atoms with Crippen molar-refractivity contribution < 1.29 is 8.42 Å². The van der Waals surface area contributed by atoms with Crippen molar-refractivity contribution in [3.05, 3.63) is 0 Å². The molecule has 0 aromatic rings. The minimum Gasteiger partial charge on any atom is -0.326 e. The molecule has 0 spiro atoms. The van der Waals surface area contributed by atoms with E-state index < -0.39 is 10.0 Å². The molecule has 92 valence electrons. The smallest absolute Gasteiger partial charge is 0.214 e. The highest BCUT2D eigenvalue weighted by atomic mass is 35.5. The lowest BCUT2D eigenvalue weighted by atomic mass is 10.0. The Morgan fingerprint density at radius 2 is 1.93 bits per heavy atom. The van der Waals surface area contributed by atoms with Crippen molar-refractivity contribution in [2.24, 2.45) is 11.1 Å². The van der Waals surface area contributed by atoms with Gasteiger partial charge in [0, 0.05) is 19.1 Å². The van der Waals surface area contributed by atoms with E-state index in [-0.39, 0.29) is 29.6 Å². The lowest BCUT2D eigenvalue weighted by Crippen LogP contribution is -2.37. The summed E-state index contributed by atoms with van der Waals surface area (Å²) in [5.74, 6) is 0.201. The maximum Gasteiger partial charge on any atom is 0.214 e. The molecule has 0 saturated carbocycles. The molecule has 6 heteroatoms. The van der Waals surface area contributed by atoms with Gasteiger partial charge in [0.05, 0.1) is 5.75 Å². The van der Waals surface area contributed by atoms with Gasteiger partial charge in [0.15, 0.2) is 0 Å². The van der Waals surface area contributed by atoms with Crippen molar-refractivity contribution in [3.8, 4) is 0 Å². The second-order valence-electron chi connectivity index (χ2n) is 5.22. The van der Waals surface area contributed by atoms with Gasteiger partial charge in [-0.05, 0) is 11.8 Å². The van der Waals surface area contributed by atoms with E-state index in [1.807, 2.05) is 20.8 Å². The fourth-order valence-electron chi connectivity index (χ4n) is 1.65. The van der Waals surface area contributed by atoms with Crippen LogP contribution in [0.2, 0.25) is 0 Å². The molecule has 1 heterocycles. The molecule has 1 aliphatic heterocycles. The summed E-state index contributed by atoms with van der Waals surface area (Å²) in [6.45, 7) is 6.86. The lowest BCUT2D eigenvalue weighted by molar-refractivity contribution is 0.422. The number of hydrogen-bond donors (Lipinski definition) is 1. The van der Waals surface area contributed by atoms with Crippen LogP contribution in [-0.2, 0) is 10.0 Å². The standard InChI is InChI=1S/C9H20N2O2S.ClH/c1-9(2,3)7-14(12,13)11-5-4-8(10)6-11;/h8H,4-7,10H2,1-3H3;1H/t8-;/m1./s1. The average Bonchev–Trinajstić information content (AvgIpc) is 2.29. The molecule has 1 fully saturated rings. The van der Waals surface area contributed by atoms with Gasteiger partial charge in [-0.25, -0.2) is 12.7 Å². The van der Waals surface area contributed by atoms with Crippen LogP contribution in [0.1, 0.15) is 27.2 Å². The van der Waals surface area contributed by atoms with Gasteiger partial charge in [0.25, 0.3) is 0 Å². The third-order valence-corrected chi connectivity index (χ3v) is 4.55. The Labute approximate surface area is 98.7 Å². The Bertz CT molecular complexity index is 298. The van der Waals surface area contributed by atoms with E-state index >= 15 is 0 Å². The van der Waals surface area contributed by atoms with Crippen molar-refractivity contribution in [2.45, 2.75) is 33.2 Å². The van der Waals surface area contributed by atoms with E-state index in [9.17, 15) is 8.42 Å². The van der Waals surface area contributed by atoms with Crippen LogP contribution in [0.5, 0.6) is 0 Å². The fourth-order valence-corrected chi connectivity index (χ4v) is 3.72. The molecule has 0 radical (unpaired) electrons. The van der Waals surface area contributed by atoms with Gasteiger partial charge in [-0.1, -0.05) is 20.8 Å². The van der Waals surface area contributed by atoms with Crippen LogP contribution in [0, 0.1) is 5.41 Å². The highest BCUT2D eigenvalue weighted by Crippen LogP contribution is 2.21. The number of nitrogens with zero attached hydrogens (tertiary/aromatic N) is 1. The molecule has 0 bridgehead atoms. The third kappa shape index (κ3) is 4.68. The second kappa shape index (κ2) is 4.99. The van der Waals surface area contributed by atoms with Gasteiger partial charge >= 0.3 is 0 Å². The van der Waals surface area contributed by atoms with Crippen LogP contribution in [0.25, 0.3) is 0 Å². The van der Waals surface area contributed by atoms with Crippen molar-refractivity contribution in [2.75, 3.05) is 18.8 Å². The van der Waals surface area contributed by atoms with Crippen LogP contribution >= 0.6 is 12.4 Å². The normalized spacial score (nSPS) is 23.9. The monoisotopic (exact) mass is 256 g/mol. The Hall–Kier alpha value is 0.160. The van der Waals surface area contributed by atoms with Gasteiger partial charge in [0.2, 0.25) is 10.0 Å². The zero-order valence-electron chi connectivity index (χ0n) is 9.56. The van der Waals surface area contributed by atoms with E-state index in [1.165, 1.54) is 4.31 Å². The van der Waals surface area contributed by atoms with Crippen LogP contribution < -0.4 is 5.73 Å². The van der Waals surface area contributed by atoms with E-state index in [0.717, 1.165) is 6.42 Å². The number of hydrogen-bond acceptors (Lipinski definition) is 3. The summed E-state index contributed by atoms with van der Waals surface area (Å²) in [6.07, 6.45) is 0.781. The summed E-state index contributed by atoms with van der Waals surface area (Å²) in [7, 11) is -3.10. The summed E-state index contributed by atoms with van der Waals surface area (Å²) in [4.78, 5) is 0. The first kappa shape index (κ1) is 15.2. The molecular weight excluding hydrogens is 236 g/mol. The maximum absolute atomic E-state index is 11.9. The van der Waals surface area contributed by atoms with Crippen LogP contribution in [0.15, 0.2) is 0 Å². The lowest BCUT2D eigenvalue weighted by Gasteiger charge is -2.23. The first-order chi connectivity index (χ1) is 6.21. The van der Waals surface area contributed by atoms with Gasteiger partial charge in [-0.3, -0.25) is 0 Å². The zero-order chi connectivity index (χ0) is 11.0. The van der Waals surface area contributed by atoms with Crippen LogP contribution in [0.4, 0.5) is 0 Å². The zero-order valence-corrected chi connectivity index (χ0v) is 11.2. The molecule has 15 heavy (non-hydrogen) atoms.